The van der Waals surface area contributed by atoms with E-state index >= 15 is 0 Å². The number of rotatable bonds is 11. The fourth-order valence-corrected chi connectivity index (χ4v) is 5.42. The van der Waals surface area contributed by atoms with Crippen LogP contribution in [0.15, 0.2) is 83.8 Å². The van der Waals surface area contributed by atoms with E-state index in [1.165, 1.54) is 65.6 Å². The lowest BCUT2D eigenvalue weighted by Crippen LogP contribution is -2.52. The van der Waals surface area contributed by atoms with Crippen LogP contribution in [0.5, 0.6) is 0 Å². The number of hydrogen-bond donors (Lipinski definition) is 1. The molecule has 0 radical (unpaired) electrons. The first-order chi connectivity index (χ1) is 17.7. The Hall–Kier alpha value is -3.43. The van der Waals surface area contributed by atoms with Crippen LogP contribution in [-0.4, -0.2) is 44.3 Å². The molecule has 0 bridgehead atoms. The molecule has 0 saturated heterocycles. The van der Waals surface area contributed by atoms with Crippen LogP contribution in [0, 0.1) is 5.82 Å². The minimum Gasteiger partial charge on any atom is -0.355 e. The highest BCUT2D eigenvalue weighted by Crippen LogP contribution is 2.26. The van der Waals surface area contributed by atoms with Gasteiger partial charge in [0, 0.05) is 18.1 Å². The molecule has 0 saturated carbocycles. The first-order valence-corrected chi connectivity index (χ1v) is 13.6. The summed E-state index contributed by atoms with van der Waals surface area (Å²) >= 11 is 6.02. The highest BCUT2D eigenvalue weighted by Gasteiger charge is 2.33. The number of benzene rings is 3. The molecule has 2 amide bonds. The van der Waals surface area contributed by atoms with Gasteiger partial charge in [-0.2, -0.15) is 0 Å². The number of anilines is 1. The average molecular weight is 546 g/mol. The molecule has 10 heteroatoms. The Morgan fingerprint density at radius 1 is 0.946 bits per heavy atom. The minimum absolute atomic E-state index is 0.00536. The number of likely N-dealkylation sites (N-methyl/N-ethyl adjacent to an activating group) is 1. The van der Waals surface area contributed by atoms with Crippen molar-refractivity contribution in [2.24, 2.45) is 0 Å². The van der Waals surface area contributed by atoms with Crippen LogP contribution in [0.4, 0.5) is 10.1 Å². The monoisotopic (exact) mass is 545 g/mol. The van der Waals surface area contributed by atoms with E-state index in [2.05, 4.69) is 5.32 Å². The quantitative estimate of drug-likeness (QED) is 0.381. The highest BCUT2D eigenvalue weighted by molar-refractivity contribution is 7.92. The van der Waals surface area contributed by atoms with Gasteiger partial charge in [0.2, 0.25) is 11.8 Å². The number of nitrogens with zero attached hydrogens (tertiary/aromatic N) is 2. The number of hydrogen-bond acceptors (Lipinski definition) is 4. The van der Waals surface area contributed by atoms with Gasteiger partial charge in [-0.05, 0) is 67.4 Å². The second-order valence-corrected chi connectivity index (χ2v) is 10.6. The lowest BCUT2D eigenvalue weighted by molar-refractivity contribution is -0.140. The number of carbonyl (C=O) groups is 2. The van der Waals surface area contributed by atoms with Crippen LogP contribution in [0.3, 0.4) is 0 Å². The first-order valence-electron chi connectivity index (χ1n) is 11.8. The largest absolute Gasteiger partial charge is 0.355 e. The number of amides is 2. The summed E-state index contributed by atoms with van der Waals surface area (Å²) in [4.78, 5) is 28.0. The summed E-state index contributed by atoms with van der Waals surface area (Å²) in [5, 5.41) is 3.14. The zero-order valence-electron chi connectivity index (χ0n) is 20.6. The van der Waals surface area contributed by atoms with Gasteiger partial charge in [0.15, 0.2) is 0 Å². The van der Waals surface area contributed by atoms with Crippen LogP contribution in [0.2, 0.25) is 5.02 Å². The van der Waals surface area contributed by atoms with Crippen LogP contribution in [0.1, 0.15) is 25.8 Å². The summed E-state index contributed by atoms with van der Waals surface area (Å²) in [7, 11) is -4.14. The molecule has 0 aliphatic carbocycles. The summed E-state index contributed by atoms with van der Waals surface area (Å²) in [6.45, 7) is 3.34. The van der Waals surface area contributed by atoms with Crippen molar-refractivity contribution in [3.05, 3.63) is 95.3 Å². The molecule has 0 aliphatic rings. The van der Waals surface area contributed by atoms with Crippen molar-refractivity contribution < 1.29 is 22.4 Å². The molecule has 0 spiro atoms. The van der Waals surface area contributed by atoms with Crippen LogP contribution < -0.4 is 9.62 Å². The lowest BCUT2D eigenvalue weighted by atomic mass is 10.1. The van der Waals surface area contributed by atoms with E-state index in [0.29, 0.717) is 23.6 Å². The Balaban J connectivity index is 2.03. The average Bonchev–Trinajstić information content (AvgIpc) is 2.89. The second-order valence-electron chi connectivity index (χ2n) is 8.27. The molecule has 1 N–H and O–H groups in total. The van der Waals surface area contributed by atoms with E-state index in [-0.39, 0.29) is 23.0 Å². The van der Waals surface area contributed by atoms with Gasteiger partial charge in [-0.25, -0.2) is 12.8 Å². The summed E-state index contributed by atoms with van der Waals surface area (Å²) in [6.07, 6.45) is 0.297. The fraction of sp³-hybridized carbons (Fsp3) is 0.259. The normalized spacial score (nSPS) is 12.0. The second kappa shape index (κ2) is 12.7. The van der Waals surface area contributed by atoms with Crippen molar-refractivity contribution in [1.82, 2.24) is 10.2 Å². The Kier molecular flexibility index (Phi) is 9.66. The summed E-state index contributed by atoms with van der Waals surface area (Å²) in [6, 6.07) is 18.6. The molecule has 7 nitrogen and oxygen atoms in total. The SMILES string of the molecule is CCNC(=O)[C@@H](CC)N(Cc1ccc(F)cc1)C(=O)CN(c1ccc(Cl)cc1)S(=O)(=O)c1ccccc1. The molecule has 3 rings (SSSR count). The fourth-order valence-electron chi connectivity index (χ4n) is 3.85. The van der Waals surface area contributed by atoms with Gasteiger partial charge in [-0.15, -0.1) is 0 Å². The molecule has 3 aromatic rings. The van der Waals surface area contributed by atoms with Gasteiger partial charge in [-0.1, -0.05) is 48.9 Å². The molecule has 0 aromatic heterocycles. The maximum Gasteiger partial charge on any atom is 0.264 e. The topological polar surface area (TPSA) is 86.8 Å². The third-order valence-corrected chi connectivity index (χ3v) is 7.77. The van der Waals surface area contributed by atoms with Gasteiger partial charge >= 0.3 is 0 Å². The van der Waals surface area contributed by atoms with Crippen molar-refractivity contribution in [2.45, 2.75) is 37.8 Å². The molecule has 0 fully saturated rings. The van der Waals surface area contributed by atoms with Crippen molar-refractivity contribution in [3.8, 4) is 0 Å². The molecule has 0 aliphatic heterocycles. The van der Waals surface area contributed by atoms with Crippen LogP contribution >= 0.6 is 11.6 Å². The third-order valence-electron chi connectivity index (χ3n) is 5.73. The first kappa shape index (κ1) is 28.1. The summed E-state index contributed by atoms with van der Waals surface area (Å²) < 4.78 is 41.8. The third kappa shape index (κ3) is 7.08. The molecular weight excluding hydrogens is 517 g/mol. The Morgan fingerprint density at radius 2 is 1.57 bits per heavy atom. The van der Waals surface area contributed by atoms with E-state index in [1.807, 2.05) is 0 Å². The molecule has 0 unspecified atom stereocenters. The van der Waals surface area contributed by atoms with Gasteiger partial charge in [0.05, 0.1) is 10.6 Å². The minimum atomic E-state index is -4.14. The highest BCUT2D eigenvalue weighted by atomic mass is 35.5. The van der Waals surface area contributed by atoms with Gasteiger partial charge in [0.1, 0.15) is 18.4 Å². The summed E-state index contributed by atoms with van der Waals surface area (Å²) in [5.74, 6) is -1.37. The van der Waals surface area contributed by atoms with Crippen molar-refractivity contribution in [1.29, 1.82) is 0 Å². The Labute approximate surface area is 221 Å². The van der Waals surface area contributed by atoms with Crippen LogP contribution in [-0.2, 0) is 26.2 Å². The van der Waals surface area contributed by atoms with E-state index < -0.39 is 34.3 Å². The number of halogens is 2. The molecule has 1 atom stereocenters. The van der Waals surface area contributed by atoms with Crippen molar-refractivity contribution in [3.63, 3.8) is 0 Å². The molecule has 0 heterocycles. The molecular formula is C27H29ClFN3O4S. The lowest BCUT2D eigenvalue weighted by Gasteiger charge is -2.33. The van der Waals surface area contributed by atoms with Crippen molar-refractivity contribution in [2.75, 3.05) is 17.4 Å². The van der Waals surface area contributed by atoms with Crippen LogP contribution in [0.25, 0.3) is 0 Å². The molecule has 3 aromatic carbocycles. The zero-order valence-corrected chi connectivity index (χ0v) is 22.2. The van der Waals surface area contributed by atoms with Gasteiger partial charge < -0.3 is 10.2 Å². The Morgan fingerprint density at radius 3 is 2.14 bits per heavy atom. The smallest absolute Gasteiger partial charge is 0.264 e. The van der Waals surface area contributed by atoms with E-state index in [9.17, 15) is 22.4 Å². The number of sulfonamides is 1. The predicted octanol–water partition coefficient (Wildman–Crippen LogP) is 4.62. The number of carbonyl (C=O) groups excluding carboxylic acids is 2. The summed E-state index contributed by atoms with van der Waals surface area (Å²) in [5.41, 5.74) is 0.843. The maximum atomic E-state index is 13.8. The standard InChI is InChI=1S/C27H29ClFN3O4S/c1-3-25(27(34)30-4-2)31(18-20-10-14-22(29)15-11-20)26(33)19-32(23-16-12-21(28)13-17-23)37(35,36)24-8-6-5-7-9-24/h5-17,25H,3-4,18-19H2,1-2H3,(H,30,34)/t25-/m1/s1. The molecule has 37 heavy (non-hydrogen) atoms. The molecule has 196 valence electrons. The van der Waals surface area contributed by atoms with Gasteiger partial charge in [-0.3, -0.25) is 13.9 Å². The zero-order chi connectivity index (χ0) is 27.0. The number of nitrogens with one attached hydrogen (secondary N) is 1. The van der Waals surface area contributed by atoms with E-state index in [0.717, 1.165) is 4.31 Å². The maximum absolute atomic E-state index is 13.8. The Bertz CT molecular complexity index is 1300. The van der Waals surface area contributed by atoms with E-state index in [1.54, 1.807) is 32.0 Å². The predicted molar refractivity (Wildman–Crippen MR) is 142 cm³/mol. The van der Waals surface area contributed by atoms with Gasteiger partial charge in [0.25, 0.3) is 10.0 Å². The van der Waals surface area contributed by atoms with Crippen molar-refractivity contribution >= 4 is 39.1 Å². The van der Waals surface area contributed by atoms with E-state index in [4.69, 9.17) is 11.6 Å².